The molecule has 4 N–H and O–H groups in total. The summed E-state index contributed by atoms with van der Waals surface area (Å²) in [5, 5.41) is 10.2. The molecule has 2 aliphatic heterocycles. The van der Waals surface area contributed by atoms with Gasteiger partial charge in [0.25, 0.3) is 5.91 Å². The van der Waals surface area contributed by atoms with Gasteiger partial charge in [0.1, 0.15) is 12.3 Å². The molecule has 0 unspecified atom stereocenters. The summed E-state index contributed by atoms with van der Waals surface area (Å²) in [6, 6.07) is 11.2. The predicted octanol–water partition coefficient (Wildman–Crippen LogP) is -0.214. The molecule has 11 nitrogen and oxygen atoms in total. The van der Waals surface area contributed by atoms with Crippen LogP contribution in [-0.4, -0.2) is 42.0 Å². The van der Waals surface area contributed by atoms with Gasteiger partial charge < -0.3 is 5.11 Å². The molecule has 176 valence electrons. The molecule has 0 radical (unpaired) electrons. The van der Waals surface area contributed by atoms with Crippen LogP contribution < -0.4 is 18.5 Å². The molecule has 13 heteroatoms. The third-order valence-electron chi connectivity index (χ3n) is 4.89. The van der Waals surface area contributed by atoms with Crippen LogP contribution >= 0.6 is 0 Å². The van der Waals surface area contributed by atoms with Crippen molar-refractivity contribution in [1.82, 2.24) is 14.2 Å². The second-order valence-corrected chi connectivity index (χ2v) is 9.96. The number of phenolic OH excluding ortho intramolecular Hbond substituents is 1. The van der Waals surface area contributed by atoms with Crippen molar-refractivity contribution in [2.45, 2.75) is 26.7 Å². The first kappa shape index (κ1) is 24.2. The number of aryl methyl sites for hydroxylation is 4. The summed E-state index contributed by atoms with van der Waals surface area (Å²) in [4.78, 5) is 31.5. The van der Waals surface area contributed by atoms with Crippen LogP contribution in [0.25, 0.3) is 0 Å². The highest BCUT2D eigenvalue weighted by molar-refractivity contribution is 7.92. The van der Waals surface area contributed by atoms with Gasteiger partial charge >= 0.3 is 22.0 Å². The van der Waals surface area contributed by atoms with Gasteiger partial charge in [0, 0.05) is 0 Å². The third kappa shape index (κ3) is 5.87. The standard InChI is InChI=1S/C18H20N2O4S.C2H2N2O3S/c1-12-3-4-13(2)15(9-12)7-5-14-6-8-16(17(21)10-14)20-11-18(22)19-25(20,23)24;5-1-2(6)4-8(7)3-1/h3-4,6,8-10,21H,5,7,11H2,1-2H3,(H,19,22);(H,3,5)(H,4,6). The third-order valence-corrected chi connectivity index (χ3v) is 7.03. The van der Waals surface area contributed by atoms with E-state index in [1.165, 1.54) is 22.8 Å². The first-order chi connectivity index (χ1) is 15.5. The largest absolute Gasteiger partial charge is 0.506 e. The molecular weight excluding hydrogens is 472 g/mol. The van der Waals surface area contributed by atoms with Gasteiger partial charge in [-0.1, -0.05) is 29.8 Å². The second kappa shape index (κ2) is 9.58. The molecular formula is C20H22N4O7S2. The first-order valence-corrected chi connectivity index (χ1v) is 12.3. The smallest absolute Gasteiger partial charge is 0.326 e. The highest BCUT2D eigenvalue weighted by Crippen LogP contribution is 2.31. The maximum atomic E-state index is 11.9. The van der Waals surface area contributed by atoms with Gasteiger partial charge in [-0.25, -0.2) is 22.7 Å². The molecule has 2 aromatic rings. The van der Waals surface area contributed by atoms with Gasteiger partial charge in [0.05, 0.1) is 5.69 Å². The summed E-state index contributed by atoms with van der Waals surface area (Å²) in [5.41, 5.74) is 4.68. The van der Waals surface area contributed by atoms with Crippen LogP contribution in [0.5, 0.6) is 5.75 Å². The molecule has 0 saturated carbocycles. The Kier molecular flexibility index (Phi) is 7.03. The fourth-order valence-corrected chi connectivity index (χ4v) is 4.97. The molecule has 33 heavy (non-hydrogen) atoms. The number of hydrogen-bond donors (Lipinski definition) is 4. The van der Waals surface area contributed by atoms with Crippen LogP contribution in [0.3, 0.4) is 0 Å². The van der Waals surface area contributed by atoms with Crippen LogP contribution in [0.15, 0.2) is 36.4 Å². The van der Waals surface area contributed by atoms with E-state index in [4.69, 9.17) is 0 Å². The molecule has 0 spiro atoms. The Bertz CT molecular complexity index is 1240. The maximum absolute atomic E-state index is 11.9. The van der Waals surface area contributed by atoms with Crippen molar-refractivity contribution >= 4 is 44.8 Å². The average molecular weight is 495 g/mol. The SMILES string of the molecule is Cc1ccc(C)c(CCc2ccc(N3CC(=O)NS3(=O)=O)c(O)c2)c1.O=C1NS(=O)NC1=O. The summed E-state index contributed by atoms with van der Waals surface area (Å²) >= 11 is -1.68. The quantitative estimate of drug-likeness (QED) is 0.427. The number of carbonyl (C=O) groups excluding carboxylic acids is 3. The van der Waals surface area contributed by atoms with E-state index in [1.807, 2.05) is 14.2 Å². The number of amides is 3. The zero-order valence-corrected chi connectivity index (χ0v) is 19.4. The molecule has 2 aliphatic rings. The maximum Gasteiger partial charge on any atom is 0.326 e. The van der Waals surface area contributed by atoms with Gasteiger partial charge in [-0.2, -0.15) is 8.42 Å². The fraction of sp³-hybridized carbons (Fsp3) is 0.250. The van der Waals surface area contributed by atoms with E-state index < -0.39 is 39.1 Å². The Morgan fingerprint density at radius 3 is 2.18 bits per heavy atom. The molecule has 0 aliphatic carbocycles. The van der Waals surface area contributed by atoms with E-state index in [2.05, 4.69) is 32.0 Å². The van der Waals surface area contributed by atoms with Crippen molar-refractivity contribution in [3.8, 4) is 5.75 Å². The number of nitrogens with zero attached hydrogens (tertiary/aromatic N) is 1. The molecule has 4 rings (SSSR count). The number of nitrogens with one attached hydrogen (secondary N) is 3. The van der Waals surface area contributed by atoms with Crippen molar-refractivity contribution < 1.29 is 32.1 Å². The Labute approximate surface area is 193 Å². The Morgan fingerprint density at radius 2 is 1.67 bits per heavy atom. The van der Waals surface area contributed by atoms with Gasteiger partial charge in [-0.15, -0.1) is 0 Å². The number of carbonyl (C=O) groups is 3. The number of benzene rings is 2. The molecule has 2 fully saturated rings. The lowest BCUT2D eigenvalue weighted by Gasteiger charge is -2.16. The van der Waals surface area contributed by atoms with Gasteiger partial charge in [0.15, 0.2) is 0 Å². The van der Waals surface area contributed by atoms with Crippen LogP contribution in [0.2, 0.25) is 0 Å². The predicted molar refractivity (Wildman–Crippen MR) is 120 cm³/mol. The number of aromatic hydroxyl groups is 1. The van der Waals surface area contributed by atoms with E-state index in [9.17, 15) is 32.1 Å². The lowest BCUT2D eigenvalue weighted by molar-refractivity contribution is -0.135. The number of rotatable bonds is 4. The number of hydrogen-bond acceptors (Lipinski definition) is 7. The molecule has 2 aromatic carbocycles. The van der Waals surface area contributed by atoms with Crippen LogP contribution in [0, 0.1) is 13.8 Å². The van der Waals surface area contributed by atoms with Gasteiger partial charge in [-0.3, -0.25) is 14.4 Å². The van der Waals surface area contributed by atoms with Crippen molar-refractivity contribution in [2.75, 3.05) is 10.8 Å². The Balaban J connectivity index is 0.000000323. The van der Waals surface area contributed by atoms with Gasteiger partial charge in [-0.05, 0) is 55.5 Å². The lowest BCUT2D eigenvalue weighted by Crippen LogP contribution is -2.29. The fourth-order valence-electron chi connectivity index (χ4n) is 3.23. The monoisotopic (exact) mass is 494 g/mol. The van der Waals surface area contributed by atoms with Gasteiger partial charge in [0.2, 0.25) is 11.2 Å². The number of anilines is 1. The molecule has 0 bridgehead atoms. The zero-order valence-electron chi connectivity index (χ0n) is 17.7. The van der Waals surface area contributed by atoms with E-state index in [0.29, 0.717) is 0 Å². The Morgan fingerprint density at radius 1 is 1.00 bits per heavy atom. The summed E-state index contributed by atoms with van der Waals surface area (Å²) in [6.07, 6.45) is 1.55. The molecule has 2 saturated heterocycles. The van der Waals surface area contributed by atoms with Crippen molar-refractivity contribution in [3.63, 3.8) is 0 Å². The van der Waals surface area contributed by atoms with E-state index in [-0.39, 0.29) is 18.0 Å². The molecule has 2 heterocycles. The second-order valence-electron chi connectivity index (χ2n) is 7.42. The van der Waals surface area contributed by atoms with Crippen molar-refractivity contribution in [1.29, 1.82) is 0 Å². The summed E-state index contributed by atoms with van der Waals surface area (Å²) in [6.45, 7) is 3.80. The first-order valence-electron chi connectivity index (χ1n) is 9.71. The molecule has 0 aromatic heterocycles. The molecule has 3 amide bonds. The minimum atomic E-state index is -3.92. The molecule has 0 atom stereocenters. The van der Waals surface area contributed by atoms with Crippen molar-refractivity contribution in [2.24, 2.45) is 0 Å². The average Bonchev–Trinajstić information content (AvgIpc) is 3.17. The summed E-state index contributed by atoms with van der Waals surface area (Å²) in [5.74, 6) is -2.45. The topological polar surface area (TPSA) is 162 Å². The van der Waals surface area contributed by atoms with Crippen molar-refractivity contribution in [3.05, 3.63) is 58.7 Å². The van der Waals surface area contributed by atoms with E-state index in [0.717, 1.165) is 22.7 Å². The summed E-state index contributed by atoms with van der Waals surface area (Å²) in [7, 11) is -3.92. The zero-order chi connectivity index (χ0) is 24.3. The highest BCUT2D eigenvalue weighted by Gasteiger charge is 2.35. The normalized spacial score (nSPS) is 17.2. The highest BCUT2D eigenvalue weighted by atomic mass is 32.2. The minimum absolute atomic E-state index is 0.105. The van der Waals surface area contributed by atoms with Crippen LogP contribution in [0.4, 0.5) is 5.69 Å². The number of phenols is 1. The van der Waals surface area contributed by atoms with Crippen LogP contribution in [0.1, 0.15) is 22.3 Å². The van der Waals surface area contributed by atoms with E-state index in [1.54, 1.807) is 12.1 Å². The minimum Gasteiger partial charge on any atom is -0.506 e. The Hall–Kier alpha value is -3.45. The summed E-state index contributed by atoms with van der Waals surface area (Å²) < 4.78 is 40.3. The van der Waals surface area contributed by atoms with E-state index >= 15 is 0 Å². The van der Waals surface area contributed by atoms with Crippen LogP contribution in [-0.2, 0) is 48.6 Å². The lowest BCUT2D eigenvalue weighted by atomic mass is 9.98.